The van der Waals surface area contributed by atoms with Gasteiger partial charge < -0.3 is 15.3 Å². The molecule has 4 aliphatic carbocycles. The number of aliphatic hydroxyl groups excluding tert-OH is 1. The van der Waals surface area contributed by atoms with Gasteiger partial charge in [0.15, 0.2) is 0 Å². The van der Waals surface area contributed by atoms with Crippen molar-refractivity contribution in [3.63, 3.8) is 0 Å². The number of carboxylic acid groups (broad SMARTS) is 2. The highest BCUT2D eigenvalue weighted by atomic mass is 16.4. The van der Waals surface area contributed by atoms with Gasteiger partial charge in [-0.3, -0.25) is 9.59 Å². The van der Waals surface area contributed by atoms with E-state index in [4.69, 9.17) is 0 Å². The first-order chi connectivity index (χ1) is 11.2. The van der Waals surface area contributed by atoms with E-state index in [-0.39, 0.29) is 17.3 Å². The monoisotopic (exact) mass is 334 g/mol. The van der Waals surface area contributed by atoms with Crippen molar-refractivity contribution in [2.24, 2.45) is 40.4 Å². The Bertz CT molecular complexity index is 627. The van der Waals surface area contributed by atoms with Gasteiger partial charge in [-0.05, 0) is 74.5 Å². The highest BCUT2D eigenvalue weighted by Gasteiger charge is 2.72. The molecule has 2 bridgehead atoms. The molecule has 132 valence electrons. The van der Waals surface area contributed by atoms with Crippen LogP contribution in [0.5, 0.6) is 0 Å². The number of fused-ring (bicyclic) bond motifs is 3. The summed E-state index contributed by atoms with van der Waals surface area (Å²) in [5.74, 6) is -2.39. The van der Waals surface area contributed by atoms with Crippen LogP contribution in [0.1, 0.15) is 45.4 Å². The van der Waals surface area contributed by atoms with E-state index in [1.807, 2.05) is 0 Å². The van der Waals surface area contributed by atoms with Crippen molar-refractivity contribution in [3.05, 3.63) is 12.2 Å². The number of allylic oxidation sites excluding steroid dienone is 1. The lowest BCUT2D eigenvalue weighted by Gasteiger charge is -2.46. The van der Waals surface area contributed by atoms with E-state index in [9.17, 15) is 24.9 Å². The topological polar surface area (TPSA) is 94.8 Å². The zero-order valence-corrected chi connectivity index (χ0v) is 14.1. The highest BCUT2D eigenvalue weighted by molar-refractivity contribution is 5.79. The summed E-state index contributed by atoms with van der Waals surface area (Å²) in [6, 6.07) is 0. The fourth-order valence-corrected chi connectivity index (χ4v) is 7.19. The van der Waals surface area contributed by atoms with E-state index in [0.29, 0.717) is 12.3 Å². The third-order valence-electron chi connectivity index (χ3n) is 8.17. The van der Waals surface area contributed by atoms with Crippen molar-refractivity contribution in [2.45, 2.75) is 51.6 Å². The second-order valence-corrected chi connectivity index (χ2v) is 8.84. The van der Waals surface area contributed by atoms with Crippen LogP contribution in [0, 0.1) is 40.4 Å². The molecule has 0 amide bonds. The Morgan fingerprint density at radius 3 is 2.50 bits per heavy atom. The number of carbonyl (C=O) groups is 2. The Morgan fingerprint density at radius 2 is 1.88 bits per heavy atom. The minimum atomic E-state index is -1.38. The van der Waals surface area contributed by atoms with Gasteiger partial charge in [-0.1, -0.05) is 12.2 Å². The highest BCUT2D eigenvalue weighted by Crippen LogP contribution is 2.73. The molecule has 8 atom stereocenters. The van der Waals surface area contributed by atoms with Crippen LogP contribution in [0.2, 0.25) is 0 Å². The summed E-state index contributed by atoms with van der Waals surface area (Å²) in [5, 5.41) is 30.5. The lowest BCUT2D eigenvalue weighted by atomic mass is 9.58. The molecular formula is C19H26O5. The van der Waals surface area contributed by atoms with Crippen LogP contribution in [0.4, 0.5) is 0 Å². The average Bonchev–Trinajstić information content (AvgIpc) is 2.94. The predicted molar refractivity (Wildman–Crippen MR) is 86.1 cm³/mol. The van der Waals surface area contributed by atoms with Crippen LogP contribution in [-0.2, 0) is 9.59 Å². The lowest BCUT2D eigenvalue weighted by Crippen LogP contribution is -2.54. The number of hydrogen-bond donors (Lipinski definition) is 3. The number of hydrogen-bond acceptors (Lipinski definition) is 3. The van der Waals surface area contributed by atoms with Gasteiger partial charge in [0.25, 0.3) is 0 Å². The maximum atomic E-state index is 12.3. The van der Waals surface area contributed by atoms with Crippen LogP contribution in [-0.4, -0.2) is 33.4 Å². The number of rotatable bonds is 2. The molecule has 0 aromatic rings. The largest absolute Gasteiger partial charge is 0.481 e. The maximum absolute atomic E-state index is 12.3. The molecule has 0 unspecified atom stereocenters. The van der Waals surface area contributed by atoms with Crippen LogP contribution < -0.4 is 0 Å². The zero-order valence-electron chi connectivity index (χ0n) is 14.1. The number of aliphatic hydroxyl groups is 1. The second-order valence-electron chi connectivity index (χ2n) is 8.84. The number of aliphatic carboxylic acids is 2. The van der Waals surface area contributed by atoms with Gasteiger partial charge in [-0.25, -0.2) is 0 Å². The molecule has 0 aliphatic heterocycles. The van der Waals surface area contributed by atoms with E-state index in [1.54, 1.807) is 6.92 Å². The molecule has 4 saturated carbocycles. The number of carboxylic acids is 2. The summed E-state index contributed by atoms with van der Waals surface area (Å²) in [6.45, 7) is 5.76. The molecule has 0 aromatic carbocycles. The molecule has 24 heavy (non-hydrogen) atoms. The quantitative estimate of drug-likeness (QED) is 0.675. The van der Waals surface area contributed by atoms with E-state index in [2.05, 4.69) is 6.58 Å². The first kappa shape index (κ1) is 16.1. The van der Waals surface area contributed by atoms with E-state index in [1.165, 1.54) is 0 Å². The van der Waals surface area contributed by atoms with Gasteiger partial charge in [0, 0.05) is 0 Å². The molecule has 0 heterocycles. The van der Waals surface area contributed by atoms with Crippen LogP contribution in [0.3, 0.4) is 0 Å². The Labute approximate surface area is 141 Å². The predicted octanol–water partition coefficient (Wildman–Crippen LogP) is 2.54. The SMILES string of the molecule is C=C1C[C@]23C[C@H]1CC[C@H]2[C@@H]1CC[C@@H](O)[C@@](C)(C(=O)O)[C@H]1[C@@H]3C(=O)O. The van der Waals surface area contributed by atoms with Crippen molar-refractivity contribution in [2.75, 3.05) is 0 Å². The van der Waals surface area contributed by atoms with Crippen molar-refractivity contribution < 1.29 is 24.9 Å². The van der Waals surface area contributed by atoms with Gasteiger partial charge in [0.2, 0.25) is 0 Å². The Kier molecular flexibility index (Phi) is 3.25. The molecule has 1 spiro atoms. The molecule has 0 aromatic heterocycles. The van der Waals surface area contributed by atoms with Gasteiger partial charge in [0.05, 0.1) is 17.4 Å². The smallest absolute Gasteiger partial charge is 0.312 e. The summed E-state index contributed by atoms with van der Waals surface area (Å²) in [6.07, 6.45) is 3.79. The van der Waals surface area contributed by atoms with Gasteiger partial charge >= 0.3 is 11.9 Å². The molecule has 4 aliphatic rings. The fraction of sp³-hybridized carbons (Fsp3) is 0.789. The summed E-state index contributed by atoms with van der Waals surface area (Å²) < 4.78 is 0. The first-order valence-corrected chi connectivity index (χ1v) is 9.05. The third-order valence-corrected chi connectivity index (χ3v) is 8.17. The second kappa shape index (κ2) is 4.84. The molecule has 3 N–H and O–H groups in total. The first-order valence-electron chi connectivity index (χ1n) is 9.05. The minimum absolute atomic E-state index is 0.0856. The molecule has 5 nitrogen and oxygen atoms in total. The normalized spacial score (nSPS) is 52.7. The van der Waals surface area contributed by atoms with Crippen molar-refractivity contribution >= 4 is 11.9 Å². The average molecular weight is 334 g/mol. The van der Waals surface area contributed by atoms with Gasteiger partial charge in [0.1, 0.15) is 0 Å². The molecule has 5 heteroatoms. The van der Waals surface area contributed by atoms with E-state index < -0.39 is 35.3 Å². The van der Waals surface area contributed by atoms with E-state index >= 15 is 0 Å². The third kappa shape index (κ3) is 1.69. The molecule has 4 rings (SSSR count). The Balaban J connectivity index is 1.88. The standard InChI is InChI=1S/C19H26O5/c1-9-7-19-8-10(9)3-5-12(19)11-4-6-13(20)18(2,17(23)24)14(11)15(19)16(21)22/h10-15,20H,1,3-8H2,2H3,(H,21,22)(H,23,24)/t10-,11+,12+,13-,14-,15-,18-,19+/m1/s1. The minimum Gasteiger partial charge on any atom is -0.481 e. The van der Waals surface area contributed by atoms with Crippen LogP contribution in [0.15, 0.2) is 12.2 Å². The van der Waals surface area contributed by atoms with E-state index in [0.717, 1.165) is 37.7 Å². The molecular weight excluding hydrogens is 308 g/mol. The Morgan fingerprint density at radius 1 is 1.17 bits per heavy atom. The lowest BCUT2D eigenvalue weighted by molar-refractivity contribution is -0.174. The van der Waals surface area contributed by atoms with Crippen LogP contribution >= 0.6 is 0 Å². The fourth-order valence-electron chi connectivity index (χ4n) is 7.19. The Hall–Kier alpha value is -1.36. The summed E-state index contributed by atoms with van der Waals surface area (Å²) in [5.41, 5.74) is -0.570. The molecule has 0 radical (unpaired) electrons. The van der Waals surface area contributed by atoms with Gasteiger partial charge in [-0.15, -0.1) is 0 Å². The molecule has 4 fully saturated rings. The van der Waals surface area contributed by atoms with Crippen molar-refractivity contribution in [1.82, 2.24) is 0 Å². The van der Waals surface area contributed by atoms with Crippen molar-refractivity contribution in [1.29, 1.82) is 0 Å². The summed E-state index contributed by atoms with van der Waals surface area (Å²) in [7, 11) is 0. The molecule has 0 saturated heterocycles. The zero-order chi connectivity index (χ0) is 17.4. The van der Waals surface area contributed by atoms with Crippen molar-refractivity contribution in [3.8, 4) is 0 Å². The van der Waals surface area contributed by atoms with Gasteiger partial charge in [-0.2, -0.15) is 0 Å². The summed E-state index contributed by atoms with van der Waals surface area (Å²) in [4.78, 5) is 24.4. The summed E-state index contributed by atoms with van der Waals surface area (Å²) >= 11 is 0. The van der Waals surface area contributed by atoms with Crippen LogP contribution in [0.25, 0.3) is 0 Å². The maximum Gasteiger partial charge on any atom is 0.312 e.